The third-order valence-electron chi connectivity index (χ3n) is 7.67. The molecular weight excluding hydrogens is 462 g/mol. The number of rotatable bonds is 6. The van der Waals surface area contributed by atoms with Gasteiger partial charge in [-0.15, -0.1) is 0 Å². The average Bonchev–Trinajstić information content (AvgIpc) is 3.26. The van der Waals surface area contributed by atoms with Gasteiger partial charge >= 0.3 is 0 Å². The molecule has 6 rings (SSSR count). The van der Waals surface area contributed by atoms with E-state index in [4.69, 9.17) is 4.98 Å². The fourth-order valence-corrected chi connectivity index (χ4v) is 5.31. The van der Waals surface area contributed by atoms with Crippen LogP contribution in [0.5, 0.6) is 0 Å². The van der Waals surface area contributed by atoms with Crippen LogP contribution < -0.4 is 0 Å². The molecule has 1 N–H and O–H groups in total. The maximum atomic E-state index is 12.5. The number of carbonyl (C=O) groups excluding carboxylic acids is 1. The van der Waals surface area contributed by atoms with Gasteiger partial charge in [0.2, 0.25) is 5.91 Å². The van der Waals surface area contributed by atoms with Gasteiger partial charge in [0.25, 0.3) is 0 Å². The number of benzene rings is 1. The third kappa shape index (κ3) is 5.11. The number of aryl methyl sites for hydroxylation is 2. The Hall–Kier alpha value is -3.65. The van der Waals surface area contributed by atoms with Crippen molar-refractivity contribution < 1.29 is 4.79 Å². The number of amides is 1. The van der Waals surface area contributed by atoms with Crippen LogP contribution in [0.15, 0.2) is 42.7 Å². The van der Waals surface area contributed by atoms with Gasteiger partial charge in [-0.05, 0) is 62.1 Å². The molecule has 2 aliphatic rings. The SMILES string of the molecule is Cc1ncc(C)c(-c2ccc3nc(Cc4cc(CN5CCN(C(=O)C6CCC6)CC5)ccn4)[nH]c3c2)n1. The molecule has 1 aromatic carbocycles. The highest BCUT2D eigenvalue weighted by Crippen LogP contribution is 2.29. The lowest BCUT2D eigenvalue weighted by molar-refractivity contribution is -0.140. The van der Waals surface area contributed by atoms with Gasteiger partial charge in [0.1, 0.15) is 11.6 Å². The molecule has 0 unspecified atom stereocenters. The number of hydrogen-bond donors (Lipinski definition) is 1. The highest BCUT2D eigenvalue weighted by atomic mass is 16.2. The molecule has 1 saturated carbocycles. The summed E-state index contributed by atoms with van der Waals surface area (Å²) in [5.74, 6) is 2.33. The number of aromatic amines is 1. The number of nitrogens with one attached hydrogen (secondary N) is 1. The second kappa shape index (κ2) is 10.0. The highest BCUT2D eigenvalue weighted by molar-refractivity contribution is 5.82. The maximum absolute atomic E-state index is 12.5. The number of piperazine rings is 1. The van der Waals surface area contributed by atoms with E-state index >= 15 is 0 Å². The molecule has 1 aliphatic carbocycles. The molecule has 2 fully saturated rings. The molecule has 1 saturated heterocycles. The fourth-order valence-electron chi connectivity index (χ4n) is 5.31. The largest absolute Gasteiger partial charge is 0.342 e. The Kier molecular flexibility index (Phi) is 6.42. The summed E-state index contributed by atoms with van der Waals surface area (Å²) in [7, 11) is 0. The minimum absolute atomic E-state index is 0.291. The van der Waals surface area contributed by atoms with Crippen LogP contribution in [-0.2, 0) is 17.8 Å². The summed E-state index contributed by atoms with van der Waals surface area (Å²) in [4.78, 5) is 38.8. The van der Waals surface area contributed by atoms with E-state index in [1.807, 2.05) is 32.3 Å². The van der Waals surface area contributed by atoms with Crippen LogP contribution in [0.4, 0.5) is 0 Å². The van der Waals surface area contributed by atoms with E-state index in [-0.39, 0.29) is 0 Å². The van der Waals surface area contributed by atoms with Gasteiger partial charge in [-0.2, -0.15) is 0 Å². The quantitative estimate of drug-likeness (QED) is 0.434. The molecule has 190 valence electrons. The van der Waals surface area contributed by atoms with E-state index < -0.39 is 0 Å². The molecular formula is C29H33N7O. The molecule has 0 radical (unpaired) electrons. The van der Waals surface area contributed by atoms with Crippen molar-refractivity contribution >= 4 is 16.9 Å². The lowest BCUT2D eigenvalue weighted by Crippen LogP contribution is -2.50. The highest BCUT2D eigenvalue weighted by Gasteiger charge is 2.31. The number of hydrogen-bond acceptors (Lipinski definition) is 6. The van der Waals surface area contributed by atoms with Crippen molar-refractivity contribution in [3.8, 4) is 11.3 Å². The third-order valence-corrected chi connectivity index (χ3v) is 7.67. The van der Waals surface area contributed by atoms with Gasteiger partial charge in [0.15, 0.2) is 0 Å². The van der Waals surface area contributed by atoms with Gasteiger partial charge in [-0.3, -0.25) is 14.7 Å². The van der Waals surface area contributed by atoms with Crippen LogP contribution in [0.25, 0.3) is 22.3 Å². The first-order valence-corrected chi connectivity index (χ1v) is 13.3. The smallest absolute Gasteiger partial charge is 0.225 e. The van der Waals surface area contributed by atoms with Crippen LogP contribution in [-0.4, -0.2) is 66.8 Å². The van der Waals surface area contributed by atoms with E-state index in [1.165, 1.54) is 12.0 Å². The first-order valence-electron chi connectivity index (χ1n) is 13.3. The molecule has 1 aliphatic heterocycles. The first kappa shape index (κ1) is 23.7. The second-order valence-electron chi connectivity index (χ2n) is 10.4. The van der Waals surface area contributed by atoms with Gasteiger partial charge < -0.3 is 9.88 Å². The Labute approximate surface area is 217 Å². The number of imidazole rings is 1. The monoisotopic (exact) mass is 495 g/mol. The summed E-state index contributed by atoms with van der Waals surface area (Å²) in [5, 5.41) is 0. The zero-order chi connectivity index (χ0) is 25.4. The van der Waals surface area contributed by atoms with Crippen molar-refractivity contribution in [3.63, 3.8) is 0 Å². The number of H-pyrrole nitrogens is 1. The molecule has 37 heavy (non-hydrogen) atoms. The normalized spacial score (nSPS) is 16.8. The van der Waals surface area contributed by atoms with Crippen LogP contribution >= 0.6 is 0 Å². The number of aromatic nitrogens is 5. The predicted molar refractivity (Wildman–Crippen MR) is 143 cm³/mol. The van der Waals surface area contributed by atoms with E-state index in [0.717, 1.165) is 90.8 Å². The molecule has 0 spiro atoms. The van der Waals surface area contributed by atoms with Crippen molar-refractivity contribution in [2.24, 2.45) is 5.92 Å². The fraction of sp³-hybridized carbons (Fsp3) is 0.414. The number of nitrogens with zero attached hydrogens (tertiary/aromatic N) is 6. The standard InChI is InChI=1S/C29H33N7O/c1-19-17-31-20(2)32-28(19)23-6-7-25-26(15-23)34-27(33-25)16-24-14-21(8-9-30-24)18-35-10-12-36(13-11-35)29(37)22-4-3-5-22/h6-9,14-15,17,22H,3-5,10-13,16,18H2,1-2H3,(H,33,34). The van der Waals surface area contributed by atoms with Crippen molar-refractivity contribution in [3.05, 3.63) is 71.2 Å². The number of fused-ring (bicyclic) bond motifs is 1. The first-order chi connectivity index (χ1) is 18.0. The lowest BCUT2D eigenvalue weighted by atomic mass is 9.84. The van der Waals surface area contributed by atoms with E-state index in [2.05, 4.69) is 54.0 Å². The molecule has 4 aromatic rings. The predicted octanol–water partition coefficient (Wildman–Crippen LogP) is 4.07. The second-order valence-corrected chi connectivity index (χ2v) is 10.4. The van der Waals surface area contributed by atoms with E-state index in [1.54, 1.807) is 0 Å². The van der Waals surface area contributed by atoms with Crippen LogP contribution in [0.3, 0.4) is 0 Å². The minimum atomic E-state index is 0.291. The summed E-state index contributed by atoms with van der Waals surface area (Å²) < 4.78 is 0. The van der Waals surface area contributed by atoms with Crippen molar-refractivity contribution in [2.45, 2.75) is 46.1 Å². The summed E-state index contributed by atoms with van der Waals surface area (Å²) in [6.45, 7) is 8.34. The maximum Gasteiger partial charge on any atom is 0.225 e. The Balaban J connectivity index is 1.11. The van der Waals surface area contributed by atoms with Crippen molar-refractivity contribution in [1.29, 1.82) is 0 Å². The van der Waals surface area contributed by atoms with Gasteiger partial charge in [0, 0.05) is 68.7 Å². The van der Waals surface area contributed by atoms with Gasteiger partial charge in [-0.1, -0.05) is 12.5 Å². The summed E-state index contributed by atoms with van der Waals surface area (Å²) >= 11 is 0. The van der Waals surface area contributed by atoms with Crippen LogP contribution in [0, 0.1) is 19.8 Å². The van der Waals surface area contributed by atoms with Crippen LogP contribution in [0.2, 0.25) is 0 Å². The lowest BCUT2D eigenvalue weighted by Gasteiger charge is -2.38. The van der Waals surface area contributed by atoms with Crippen molar-refractivity contribution in [2.75, 3.05) is 26.2 Å². The molecule has 3 aromatic heterocycles. The Morgan fingerprint density at radius 2 is 1.86 bits per heavy atom. The molecule has 0 atom stereocenters. The van der Waals surface area contributed by atoms with Crippen LogP contribution in [0.1, 0.15) is 47.7 Å². The zero-order valence-electron chi connectivity index (χ0n) is 21.6. The number of carbonyl (C=O) groups is 1. The Morgan fingerprint density at radius 1 is 1.03 bits per heavy atom. The van der Waals surface area contributed by atoms with Gasteiger partial charge in [-0.25, -0.2) is 15.0 Å². The number of pyridine rings is 1. The molecule has 0 bridgehead atoms. The summed E-state index contributed by atoms with van der Waals surface area (Å²) in [6.07, 6.45) is 7.76. The average molecular weight is 496 g/mol. The van der Waals surface area contributed by atoms with E-state index in [0.29, 0.717) is 18.2 Å². The summed E-state index contributed by atoms with van der Waals surface area (Å²) in [6, 6.07) is 10.5. The van der Waals surface area contributed by atoms with Gasteiger partial charge in [0.05, 0.1) is 16.7 Å². The molecule has 4 heterocycles. The Bertz CT molecular complexity index is 1430. The molecule has 1 amide bonds. The minimum Gasteiger partial charge on any atom is -0.342 e. The summed E-state index contributed by atoms with van der Waals surface area (Å²) in [5.41, 5.74) is 7.24. The molecule has 8 nitrogen and oxygen atoms in total. The topological polar surface area (TPSA) is 90.9 Å². The van der Waals surface area contributed by atoms with E-state index in [9.17, 15) is 4.79 Å². The Morgan fingerprint density at radius 3 is 2.65 bits per heavy atom. The van der Waals surface area contributed by atoms with Crippen molar-refractivity contribution in [1.82, 2.24) is 34.7 Å². The zero-order valence-corrected chi connectivity index (χ0v) is 21.6. The molecule has 8 heteroatoms.